The fourth-order valence-electron chi connectivity index (χ4n) is 3.86. The van der Waals surface area contributed by atoms with Crippen LogP contribution in [0.3, 0.4) is 0 Å². The lowest BCUT2D eigenvalue weighted by molar-refractivity contribution is 0.372. The summed E-state index contributed by atoms with van der Waals surface area (Å²) in [7, 11) is 0. The highest BCUT2D eigenvalue weighted by Crippen LogP contribution is 2.29. The number of rotatable bonds is 2. The SMILES string of the molecule is c1c(CC2CCNCC2)cc2ccn3c2c1CCC3. The maximum absolute atomic E-state index is 3.46. The first-order valence-electron chi connectivity index (χ1n) is 7.71. The summed E-state index contributed by atoms with van der Waals surface area (Å²) < 4.78 is 2.43. The highest BCUT2D eigenvalue weighted by Gasteiger charge is 2.17. The lowest BCUT2D eigenvalue weighted by atomic mass is 9.89. The quantitative estimate of drug-likeness (QED) is 0.871. The van der Waals surface area contributed by atoms with Crippen molar-refractivity contribution < 1.29 is 0 Å². The third-order valence-corrected chi connectivity index (χ3v) is 4.83. The molecule has 2 nitrogen and oxygen atoms in total. The van der Waals surface area contributed by atoms with Crippen LogP contribution in [-0.2, 0) is 19.4 Å². The Bertz CT molecular complexity index is 591. The fourth-order valence-corrected chi connectivity index (χ4v) is 3.86. The van der Waals surface area contributed by atoms with Crippen molar-refractivity contribution in [3.8, 4) is 0 Å². The third kappa shape index (κ3) is 2.08. The Labute approximate surface area is 114 Å². The topological polar surface area (TPSA) is 17.0 Å². The van der Waals surface area contributed by atoms with Crippen molar-refractivity contribution in [2.45, 2.75) is 38.6 Å². The molecule has 1 saturated heterocycles. The van der Waals surface area contributed by atoms with Gasteiger partial charge in [0.15, 0.2) is 0 Å². The summed E-state index contributed by atoms with van der Waals surface area (Å²) >= 11 is 0. The maximum Gasteiger partial charge on any atom is 0.0513 e. The predicted molar refractivity (Wildman–Crippen MR) is 79.6 cm³/mol. The highest BCUT2D eigenvalue weighted by atomic mass is 15.0. The number of aryl methyl sites for hydroxylation is 2. The molecule has 2 aromatic rings. The zero-order valence-corrected chi connectivity index (χ0v) is 11.5. The van der Waals surface area contributed by atoms with Crippen LogP contribution in [0, 0.1) is 5.92 Å². The normalized spacial score (nSPS) is 20.0. The van der Waals surface area contributed by atoms with Crippen LogP contribution in [-0.4, -0.2) is 17.7 Å². The predicted octanol–water partition coefficient (Wildman–Crippen LogP) is 3.13. The third-order valence-electron chi connectivity index (χ3n) is 4.83. The standard InChI is InChI=1S/C17H22N2/c1-2-15-11-14(10-13-3-6-18-7-4-13)12-16-5-9-19(8-1)17(15)16/h5,9,11-13,18H,1-4,6-8,10H2. The van der Waals surface area contributed by atoms with Gasteiger partial charge in [-0.3, -0.25) is 0 Å². The molecule has 3 heterocycles. The lowest BCUT2D eigenvalue weighted by Crippen LogP contribution is -2.28. The number of aromatic nitrogens is 1. The van der Waals surface area contributed by atoms with Crippen LogP contribution >= 0.6 is 0 Å². The summed E-state index contributed by atoms with van der Waals surface area (Å²) in [6, 6.07) is 7.22. The van der Waals surface area contributed by atoms with Crippen LogP contribution < -0.4 is 5.32 Å². The van der Waals surface area contributed by atoms with E-state index in [1.807, 2.05) is 0 Å². The van der Waals surface area contributed by atoms with Crippen LogP contribution in [0.4, 0.5) is 0 Å². The fraction of sp³-hybridized carbons (Fsp3) is 0.529. The molecule has 0 unspecified atom stereocenters. The van der Waals surface area contributed by atoms with Crippen molar-refractivity contribution in [2.24, 2.45) is 5.92 Å². The molecule has 4 rings (SSSR count). The lowest BCUT2D eigenvalue weighted by Gasteiger charge is -2.23. The molecule has 2 aliphatic rings. The molecule has 1 N–H and O–H groups in total. The molecule has 1 aromatic carbocycles. The van der Waals surface area contributed by atoms with E-state index in [0.29, 0.717) is 0 Å². The first-order valence-corrected chi connectivity index (χ1v) is 7.71. The number of nitrogens with one attached hydrogen (secondary N) is 1. The molecule has 1 aromatic heterocycles. The number of hydrogen-bond acceptors (Lipinski definition) is 1. The van der Waals surface area contributed by atoms with E-state index in [2.05, 4.69) is 34.3 Å². The van der Waals surface area contributed by atoms with Gasteiger partial charge in [0, 0.05) is 18.1 Å². The Morgan fingerprint density at radius 3 is 3.00 bits per heavy atom. The van der Waals surface area contributed by atoms with Gasteiger partial charge in [-0.2, -0.15) is 0 Å². The second-order valence-electron chi connectivity index (χ2n) is 6.20. The second kappa shape index (κ2) is 4.68. The van der Waals surface area contributed by atoms with Gasteiger partial charge in [0.1, 0.15) is 0 Å². The molecule has 1 fully saturated rings. The van der Waals surface area contributed by atoms with Crippen molar-refractivity contribution in [1.82, 2.24) is 9.88 Å². The minimum Gasteiger partial charge on any atom is -0.347 e. The molecule has 0 spiro atoms. The van der Waals surface area contributed by atoms with Crippen molar-refractivity contribution in [3.63, 3.8) is 0 Å². The number of hydrogen-bond donors (Lipinski definition) is 1. The number of benzene rings is 1. The van der Waals surface area contributed by atoms with Crippen molar-refractivity contribution in [1.29, 1.82) is 0 Å². The Balaban J connectivity index is 1.67. The van der Waals surface area contributed by atoms with E-state index in [9.17, 15) is 0 Å². The van der Waals surface area contributed by atoms with E-state index in [1.165, 1.54) is 62.6 Å². The first-order chi connectivity index (χ1) is 9.40. The van der Waals surface area contributed by atoms with Gasteiger partial charge in [0.2, 0.25) is 0 Å². The first kappa shape index (κ1) is 11.5. The highest BCUT2D eigenvalue weighted by molar-refractivity contribution is 5.84. The minimum atomic E-state index is 0.886. The van der Waals surface area contributed by atoms with Crippen LogP contribution in [0.1, 0.15) is 30.4 Å². The van der Waals surface area contributed by atoms with Gasteiger partial charge in [-0.1, -0.05) is 6.07 Å². The molecule has 0 aliphatic carbocycles. The van der Waals surface area contributed by atoms with E-state index in [4.69, 9.17) is 0 Å². The molecule has 2 heteroatoms. The van der Waals surface area contributed by atoms with Crippen LogP contribution in [0.2, 0.25) is 0 Å². The van der Waals surface area contributed by atoms with Gasteiger partial charge in [-0.25, -0.2) is 0 Å². The summed E-state index contributed by atoms with van der Waals surface area (Å²) in [4.78, 5) is 0. The average Bonchev–Trinajstić information content (AvgIpc) is 2.85. The van der Waals surface area contributed by atoms with Crippen molar-refractivity contribution in [2.75, 3.05) is 13.1 Å². The van der Waals surface area contributed by atoms with Gasteiger partial charge in [0.05, 0.1) is 5.52 Å². The Morgan fingerprint density at radius 2 is 2.11 bits per heavy atom. The largest absolute Gasteiger partial charge is 0.347 e. The summed E-state index contributed by atoms with van der Waals surface area (Å²) in [6.45, 7) is 3.61. The second-order valence-corrected chi connectivity index (χ2v) is 6.20. The Morgan fingerprint density at radius 1 is 1.21 bits per heavy atom. The average molecular weight is 254 g/mol. The molecule has 0 atom stereocenters. The summed E-state index contributed by atoms with van der Waals surface area (Å²) in [5.74, 6) is 0.886. The Kier molecular flexibility index (Phi) is 2.84. The van der Waals surface area contributed by atoms with E-state index in [-0.39, 0.29) is 0 Å². The Hall–Kier alpha value is -1.28. The van der Waals surface area contributed by atoms with Crippen molar-refractivity contribution in [3.05, 3.63) is 35.5 Å². The molecule has 0 bridgehead atoms. The molecule has 0 amide bonds. The smallest absolute Gasteiger partial charge is 0.0513 e. The molecule has 2 aliphatic heterocycles. The molecule has 19 heavy (non-hydrogen) atoms. The minimum absolute atomic E-state index is 0.886. The molecule has 100 valence electrons. The summed E-state index contributed by atoms with van der Waals surface area (Å²) in [6.07, 6.45) is 8.79. The zero-order chi connectivity index (χ0) is 12.7. The van der Waals surface area contributed by atoms with Crippen LogP contribution in [0.15, 0.2) is 24.4 Å². The van der Waals surface area contributed by atoms with E-state index in [1.54, 1.807) is 11.1 Å². The molecular weight excluding hydrogens is 232 g/mol. The van der Waals surface area contributed by atoms with Gasteiger partial charge >= 0.3 is 0 Å². The van der Waals surface area contributed by atoms with Gasteiger partial charge in [-0.15, -0.1) is 0 Å². The van der Waals surface area contributed by atoms with Gasteiger partial charge in [0.25, 0.3) is 0 Å². The van der Waals surface area contributed by atoms with E-state index >= 15 is 0 Å². The molecular formula is C17H22N2. The zero-order valence-electron chi connectivity index (χ0n) is 11.5. The van der Waals surface area contributed by atoms with E-state index < -0.39 is 0 Å². The van der Waals surface area contributed by atoms with Crippen molar-refractivity contribution >= 4 is 10.9 Å². The summed E-state index contributed by atoms with van der Waals surface area (Å²) in [5.41, 5.74) is 4.65. The van der Waals surface area contributed by atoms with Crippen LogP contribution in [0.25, 0.3) is 10.9 Å². The van der Waals surface area contributed by atoms with Gasteiger partial charge in [-0.05, 0) is 74.4 Å². The maximum atomic E-state index is 3.46. The number of nitrogens with zero attached hydrogens (tertiary/aromatic N) is 1. The van der Waals surface area contributed by atoms with E-state index in [0.717, 1.165) is 5.92 Å². The molecule has 0 saturated carbocycles. The summed E-state index contributed by atoms with van der Waals surface area (Å²) in [5, 5.41) is 4.92. The number of piperidine rings is 1. The monoisotopic (exact) mass is 254 g/mol. The van der Waals surface area contributed by atoms with Gasteiger partial charge < -0.3 is 9.88 Å². The molecule has 0 radical (unpaired) electrons. The van der Waals surface area contributed by atoms with Crippen LogP contribution in [0.5, 0.6) is 0 Å².